The molecule has 0 saturated carbocycles. The molecule has 1 saturated heterocycles. The summed E-state index contributed by atoms with van der Waals surface area (Å²) in [4.78, 5) is 11.2. The van der Waals surface area contributed by atoms with Gasteiger partial charge in [-0.2, -0.15) is 0 Å². The standard InChI is InChI=1S/C23H29BClNO6S/c1-14-17(13-30-16(3)27)11-18(25)12-21(14)33(28,29)26-20-10-8-9-19(15(20)2)24-31-22(4,5)23(6,7)32-24/h8-12,26H,13H2,1-7H3. The fourth-order valence-electron chi connectivity index (χ4n) is 3.51. The molecule has 1 aliphatic rings. The van der Waals surface area contributed by atoms with Crippen molar-refractivity contribution in [2.75, 3.05) is 4.72 Å². The zero-order valence-corrected chi connectivity index (χ0v) is 21.5. The smallest absolute Gasteiger partial charge is 0.461 e. The molecule has 0 aromatic heterocycles. The minimum absolute atomic E-state index is 0.0117. The molecule has 1 N–H and O–H groups in total. The Hall–Kier alpha value is -2.07. The normalized spacial score (nSPS) is 17.2. The predicted molar refractivity (Wildman–Crippen MR) is 129 cm³/mol. The summed E-state index contributed by atoms with van der Waals surface area (Å²) in [5.74, 6) is -0.466. The third kappa shape index (κ3) is 5.21. The maximum absolute atomic E-state index is 13.3. The summed E-state index contributed by atoms with van der Waals surface area (Å²) >= 11 is 6.18. The number of benzene rings is 2. The van der Waals surface area contributed by atoms with Crippen molar-refractivity contribution in [3.63, 3.8) is 0 Å². The number of hydrogen-bond donors (Lipinski definition) is 1. The molecule has 0 atom stereocenters. The van der Waals surface area contributed by atoms with Crippen LogP contribution >= 0.6 is 11.6 Å². The van der Waals surface area contributed by atoms with Gasteiger partial charge in [0, 0.05) is 11.9 Å². The number of rotatable bonds is 6. The molecule has 0 radical (unpaired) electrons. The molecule has 0 amide bonds. The number of anilines is 1. The molecule has 0 bridgehead atoms. The molecule has 0 unspecified atom stereocenters. The lowest BCUT2D eigenvalue weighted by Gasteiger charge is -2.32. The molecule has 0 aliphatic carbocycles. The molecule has 7 nitrogen and oxygen atoms in total. The van der Waals surface area contributed by atoms with Gasteiger partial charge in [-0.1, -0.05) is 23.7 Å². The summed E-state index contributed by atoms with van der Waals surface area (Å²) in [6.07, 6.45) is 0. The zero-order valence-electron chi connectivity index (χ0n) is 19.9. The first kappa shape index (κ1) is 25.6. The SMILES string of the molecule is CC(=O)OCc1cc(Cl)cc(S(=O)(=O)Nc2cccc(B3OC(C)(C)C(C)(C)O3)c2C)c1C. The summed E-state index contributed by atoms with van der Waals surface area (Å²) < 4.78 is 46.6. The second kappa shape index (κ2) is 8.94. The van der Waals surface area contributed by atoms with E-state index < -0.39 is 34.3 Å². The number of ether oxygens (including phenoxy) is 1. The van der Waals surface area contributed by atoms with Crippen LogP contribution in [-0.2, 0) is 35.5 Å². The van der Waals surface area contributed by atoms with Crippen molar-refractivity contribution in [3.8, 4) is 0 Å². The third-order valence-electron chi connectivity index (χ3n) is 6.28. The van der Waals surface area contributed by atoms with Crippen LogP contribution in [0.15, 0.2) is 35.2 Å². The number of esters is 1. The van der Waals surface area contributed by atoms with Crippen LogP contribution in [0.2, 0.25) is 5.02 Å². The van der Waals surface area contributed by atoms with Gasteiger partial charge in [0.25, 0.3) is 10.0 Å². The lowest BCUT2D eigenvalue weighted by atomic mass is 9.76. The van der Waals surface area contributed by atoms with Crippen molar-refractivity contribution in [1.82, 2.24) is 0 Å². The summed E-state index contributed by atoms with van der Waals surface area (Å²) in [5.41, 5.74) is 1.77. The van der Waals surface area contributed by atoms with Crippen molar-refractivity contribution in [1.29, 1.82) is 0 Å². The molecule has 10 heteroatoms. The van der Waals surface area contributed by atoms with Gasteiger partial charge in [-0.05, 0) is 81.9 Å². The van der Waals surface area contributed by atoms with Crippen molar-refractivity contribution >= 4 is 45.9 Å². The van der Waals surface area contributed by atoms with E-state index in [9.17, 15) is 13.2 Å². The molecule has 33 heavy (non-hydrogen) atoms. The molecule has 0 spiro atoms. The molecular weight excluding hydrogens is 465 g/mol. The molecule has 2 aromatic rings. The second-order valence-corrected chi connectivity index (χ2v) is 11.3. The van der Waals surface area contributed by atoms with Crippen molar-refractivity contribution in [2.45, 2.75) is 71.2 Å². The number of sulfonamides is 1. The van der Waals surface area contributed by atoms with E-state index in [1.54, 1.807) is 25.1 Å². The van der Waals surface area contributed by atoms with Gasteiger partial charge in [0.1, 0.15) is 6.61 Å². The molecule has 2 aromatic carbocycles. The molecule has 1 aliphatic heterocycles. The lowest BCUT2D eigenvalue weighted by molar-refractivity contribution is -0.142. The van der Waals surface area contributed by atoms with Crippen LogP contribution in [0.4, 0.5) is 5.69 Å². The van der Waals surface area contributed by atoms with Gasteiger partial charge in [0.2, 0.25) is 0 Å². The van der Waals surface area contributed by atoms with Crippen molar-refractivity contribution in [2.24, 2.45) is 0 Å². The highest BCUT2D eigenvalue weighted by atomic mass is 35.5. The van der Waals surface area contributed by atoms with Gasteiger partial charge >= 0.3 is 13.1 Å². The van der Waals surface area contributed by atoms with Gasteiger partial charge in [0.15, 0.2) is 0 Å². The van der Waals surface area contributed by atoms with Gasteiger partial charge in [-0.15, -0.1) is 0 Å². The van der Waals surface area contributed by atoms with Crippen LogP contribution in [0.3, 0.4) is 0 Å². The average molecular weight is 494 g/mol. The van der Waals surface area contributed by atoms with Gasteiger partial charge < -0.3 is 14.0 Å². The Bertz CT molecular complexity index is 1180. The van der Waals surface area contributed by atoms with Gasteiger partial charge in [0.05, 0.1) is 21.8 Å². The van der Waals surface area contributed by atoms with Crippen LogP contribution in [0, 0.1) is 13.8 Å². The summed E-state index contributed by atoms with van der Waals surface area (Å²) in [6, 6.07) is 8.26. The minimum atomic E-state index is -3.99. The Labute approximate surface area is 201 Å². The number of nitrogens with one attached hydrogen (secondary N) is 1. The largest absolute Gasteiger partial charge is 0.495 e. The van der Waals surface area contributed by atoms with E-state index in [4.69, 9.17) is 25.6 Å². The number of carbonyl (C=O) groups excluding carboxylic acids is 1. The Balaban J connectivity index is 1.95. The first-order valence-corrected chi connectivity index (χ1v) is 12.4. The molecule has 1 fully saturated rings. The fourth-order valence-corrected chi connectivity index (χ4v) is 5.25. The Morgan fingerprint density at radius 3 is 2.27 bits per heavy atom. The molecule has 1 heterocycles. The summed E-state index contributed by atoms with van der Waals surface area (Å²) in [7, 11) is -4.62. The van der Waals surface area contributed by atoms with E-state index in [0.29, 0.717) is 22.4 Å². The summed E-state index contributed by atoms with van der Waals surface area (Å²) in [5, 5.41) is 0.228. The highest BCUT2D eigenvalue weighted by molar-refractivity contribution is 7.92. The van der Waals surface area contributed by atoms with E-state index in [1.165, 1.54) is 13.0 Å². The Kier molecular flexibility index (Phi) is 6.93. The Morgan fingerprint density at radius 1 is 1.09 bits per heavy atom. The number of halogens is 1. The van der Waals surface area contributed by atoms with E-state index >= 15 is 0 Å². The van der Waals surface area contributed by atoms with E-state index in [1.807, 2.05) is 40.7 Å². The second-order valence-electron chi connectivity index (χ2n) is 9.18. The lowest BCUT2D eigenvalue weighted by Crippen LogP contribution is -2.41. The van der Waals surface area contributed by atoms with Crippen LogP contribution < -0.4 is 10.2 Å². The van der Waals surface area contributed by atoms with Crippen molar-refractivity contribution < 1.29 is 27.3 Å². The van der Waals surface area contributed by atoms with Crippen LogP contribution in [0.1, 0.15) is 51.3 Å². The molecular formula is C23H29BClNO6S. The first-order chi connectivity index (χ1) is 15.1. The average Bonchev–Trinajstić information content (AvgIpc) is 2.90. The van der Waals surface area contributed by atoms with E-state index in [0.717, 1.165) is 5.46 Å². The van der Waals surface area contributed by atoms with Crippen LogP contribution in [-0.4, -0.2) is 32.7 Å². The highest BCUT2D eigenvalue weighted by Gasteiger charge is 2.52. The first-order valence-electron chi connectivity index (χ1n) is 10.5. The molecule has 3 rings (SSSR count). The number of carbonyl (C=O) groups is 1. The maximum Gasteiger partial charge on any atom is 0.495 e. The van der Waals surface area contributed by atoms with Gasteiger partial charge in [-0.3, -0.25) is 9.52 Å². The quantitative estimate of drug-likeness (QED) is 0.481. The van der Waals surface area contributed by atoms with Crippen LogP contribution in [0.25, 0.3) is 0 Å². The van der Waals surface area contributed by atoms with E-state index in [-0.39, 0.29) is 16.5 Å². The third-order valence-corrected chi connectivity index (χ3v) is 7.99. The van der Waals surface area contributed by atoms with E-state index in [2.05, 4.69) is 4.72 Å². The zero-order chi connectivity index (χ0) is 24.8. The number of hydrogen-bond acceptors (Lipinski definition) is 6. The summed E-state index contributed by atoms with van der Waals surface area (Å²) in [6.45, 7) is 12.5. The highest BCUT2D eigenvalue weighted by Crippen LogP contribution is 2.37. The van der Waals surface area contributed by atoms with Gasteiger partial charge in [-0.25, -0.2) is 8.42 Å². The fraction of sp³-hybridized carbons (Fsp3) is 0.435. The predicted octanol–water partition coefficient (Wildman–Crippen LogP) is 4.12. The Morgan fingerprint density at radius 2 is 1.70 bits per heavy atom. The molecule has 178 valence electrons. The topological polar surface area (TPSA) is 90.9 Å². The minimum Gasteiger partial charge on any atom is -0.461 e. The van der Waals surface area contributed by atoms with Crippen LogP contribution in [0.5, 0.6) is 0 Å². The maximum atomic E-state index is 13.3. The monoisotopic (exact) mass is 493 g/mol. The van der Waals surface area contributed by atoms with Crippen molar-refractivity contribution in [3.05, 3.63) is 52.0 Å².